The lowest BCUT2D eigenvalue weighted by Crippen LogP contribution is -2.19. The van der Waals surface area contributed by atoms with E-state index in [1.165, 1.54) is 6.21 Å². The molecule has 1 amide bonds. The van der Waals surface area contributed by atoms with Crippen LogP contribution in [0.2, 0.25) is 0 Å². The molecular formula is C11H10N6O3. The summed E-state index contributed by atoms with van der Waals surface area (Å²) < 4.78 is 10.5. The maximum atomic E-state index is 11.6. The summed E-state index contributed by atoms with van der Waals surface area (Å²) in [7, 11) is 0. The lowest BCUT2D eigenvalue weighted by atomic mass is 10.2. The number of hydrazone groups is 1. The summed E-state index contributed by atoms with van der Waals surface area (Å²) in [5, 5.41) is 9.74. The van der Waals surface area contributed by atoms with E-state index in [0.29, 0.717) is 17.1 Å². The van der Waals surface area contributed by atoms with E-state index < -0.39 is 5.91 Å². The largest absolute Gasteiger partial charge is 0.454 e. The Hall–Kier alpha value is -3.10. The van der Waals surface area contributed by atoms with Crippen LogP contribution in [0.3, 0.4) is 0 Å². The Kier molecular flexibility index (Phi) is 2.92. The number of H-pyrrole nitrogens is 1. The number of nitrogens with zero attached hydrogens (tertiary/aromatic N) is 3. The summed E-state index contributed by atoms with van der Waals surface area (Å²) in [5.74, 6) is 0.663. The van der Waals surface area contributed by atoms with Gasteiger partial charge in [-0.3, -0.25) is 9.89 Å². The highest BCUT2D eigenvalue weighted by Gasteiger charge is 2.16. The zero-order valence-electron chi connectivity index (χ0n) is 10.2. The molecular weight excluding hydrogens is 264 g/mol. The van der Waals surface area contributed by atoms with Crippen LogP contribution in [0.4, 0.5) is 5.95 Å². The third kappa shape index (κ3) is 2.23. The number of para-hydroxylation sites is 1. The van der Waals surface area contributed by atoms with Crippen LogP contribution < -0.4 is 20.6 Å². The first-order valence-corrected chi connectivity index (χ1v) is 5.64. The summed E-state index contributed by atoms with van der Waals surface area (Å²) in [6, 6.07) is 5.37. The van der Waals surface area contributed by atoms with Crippen LogP contribution in [-0.4, -0.2) is 34.1 Å². The van der Waals surface area contributed by atoms with Crippen molar-refractivity contribution < 1.29 is 14.3 Å². The molecule has 9 nitrogen and oxygen atoms in total. The van der Waals surface area contributed by atoms with E-state index in [1.54, 1.807) is 18.2 Å². The number of anilines is 1. The van der Waals surface area contributed by atoms with Gasteiger partial charge in [0.1, 0.15) is 0 Å². The second kappa shape index (κ2) is 4.88. The van der Waals surface area contributed by atoms with Gasteiger partial charge in [-0.2, -0.15) is 10.1 Å². The Morgan fingerprint density at radius 1 is 1.50 bits per heavy atom. The number of hydrogen-bond acceptors (Lipinski definition) is 7. The van der Waals surface area contributed by atoms with Gasteiger partial charge in [-0.1, -0.05) is 6.07 Å². The predicted molar refractivity (Wildman–Crippen MR) is 68.4 cm³/mol. The van der Waals surface area contributed by atoms with Gasteiger partial charge < -0.3 is 15.2 Å². The van der Waals surface area contributed by atoms with E-state index in [4.69, 9.17) is 15.2 Å². The molecule has 0 unspecified atom stereocenters. The number of rotatable bonds is 3. The molecule has 0 saturated carbocycles. The average Bonchev–Trinajstić information content (AvgIpc) is 3.07. The van der Waals surface area contributed by atoms with Gasteiger partial charge in [0.05, 0.1) is 6.21 Å². The maximum absolute atomic E-state index is 11.6. The van der Waals surface area contributed by atoms with Crippen LogP contribution in [0.5, 0.6) is 11.5 Å². The number of fused-ring (bicyclic) bond motifs is 1. The average molecular weight is 274 g/mol. The van der Waals surface area contributed by atoms with Crippen LogP contribution in [0.1, 0.15) is 16.2 Å². The third-order valence-electron chi connectivity index (χ3n) is 2.51. The standard InChI is InChI=1S/C11H10N6O3/c12-11-14-9(15-17-11)10(18)16-13-4-6-2-1-3-7-8(6)20-5-19-7/h1-4H,5H2,(H,16,18)(H3,12,14,15,17)/b13-4+. The second-order valence-electron chi connectivity index (χ2n) is 3.82. The van der Waals surface area contributed by atoms with E-state index in [2.05, 4.69) is 25.7 Å². The number of carbonyl (C=O) groups excluding carboxylic acids is 1. The Morgan fingerprint density at radius 2 is 2.40 bits per heavy atom. The molecule has 0 spiro atoms. The topological polar surface area (TPSA) is 128 Å². The van der Waals surface area contributed by atoms with Crippen molar-refractivity contribution in [3.63, 3.8) is 0 Å². The first kappa shape index (κ1) is 12.0. The predicted octanol–water partition coefficient (Wildman–Crippen LogP) is -0.121. The number of hydrogen-bond donors (Lipinski definition) is 3. The fraction of sp³-hybridized carbons (Fsp3) is 0.0909. The quantitative estimate of drug-likeness (QED) is 0.529. The summed E-state index contributed by atoms with van der Waals surface area (Å²) in [4.78, 5) is 15.3. The lowest BCUT2D eigenvalue weighted by molar-refractivity contribution is 0.0945. The van der Waals surface area contributed by atoms with Crippen molar-refractivity contribution >= 4 is 18.1 Å². The Morgan fingerprint density at radius 3 is 3.20 bits per heavy atom. The molecule has 1 aliphatic heterocycles. The van der Waals surface area contributed by atoms with E-state index in [-0.39, 0.29) is 18.6 Å². The maximum Gasteiger partial charge on any atom is 0.308 e. The molecule has 4 N–H and O–H groups in total. The molecule has 2 heterocycles. The number of nitrogens with one attached hydrogen (secondary N) is 2. The van der Waals surface area contributed by atoms with E-state index in [1.807, 2.05) is 0 Å². The van der Waals surface area contributed by atoms with E-state index >= 15 is 0 Å². The minimum atomic E-state index is -0.546. The molecule has 1 aromatic carbocycles. The Bertz CT molecular complexity index is 681. The fourth-order valence-electron chi connectivity index (χ4n) is 1.64. The number of ether oxygens (including phenoxy) is 2. The monoisotopic (exact) mass is 274 g/mol. The van der Waals surface area contributed by atoms with Crippen molar-refractivity contribution in [3.8, 4) is 11.5 Å². The first-order chi connectivity index (χ1) is 9.74. The highest BCUT2D eigenvalue weighted by Crippen LogP contribution is 2.34. The lowest BCUT2D eigenvalue weighted by Gasteiger charge is -1.99. The van der Waals surface area contributed by atoms with Gasteiger partial charge in [0.15, 0.2) is 11.5 Å². The highest BCUT2D eigenvalue weighted by molar-refractivity contribution is 5.92. The van der Waals surface area contributed by atoms with Crippen molar-refractivity contribution in [1.82, 2.24) is 20.6 Å². The molecule has 0 aliphatic carbocycles. The fourth-order valence-corrected chi connectivity index (χ4v) is 1.64. The minimum Gasteiger partial charge on any atom is -0.454 e. The van der Waals surface area contributed by atoms with Gasteiger partial charge >= 0.3 is 5.91 Å². The molecule has 0 fully saturated rings. The summed E-state index contributed by atoms with van der Waals surface area (Å²) in [6.07, 6.45) is 1.45. The van der Waals surface area contributed by atoms with Gasteiger partial charge in [-0.15, -0.1) is 5.10 Å². The SMILES string of the molecule is Nc1n[nH]c(C(=O)N/N=C/c2cccc3c2OCO3)n1. The van der Waals surface area contributed by atoms with Gasteiger partial charge in [-0.05, 0) is 12.1 Å². The number of benzene rings is 1. The zero-order chi connectivity index (χ0) is 13.9. The van der Waals surface area contributed by atoms with Crippen molar-refractivity contribution in [2.24, 2.45) is 5.10 Å². The third-order valence-corrected chi connectivity index (χ3v) is 2.51. The molecule has 2 aromatic rings. The minimum absolute atomic E-state index is 0.00874. The van der Waals surface area contributed by atoms with Crippen LogP contribution in [0.15, 0.2) is 23.3 Å². The normalized spacial score (nSPS) is 12.8. The summed E-state index contributed by atoms with van der Waals surface area (Å²) >= 11 is 0. The van der Waals surface area contributed by atoms with Crippen molar-refractivity contribution in [2.75, 3.05) is 12.5 Å². The van der Waals surface area contributed by atoms with Gasteiger partial charge in [0.25, 0.3) is 0 Å². The van der Waals surface area contributed by atoms with Crippen molar-refractivity contribution in [2.45, 2.75) is 0 Å². The molecule has 0 radical (unpaired) electrons. The molecule has 9 heteroatoms. The number of nitrogen functional groups attached to an aromatic ring is 1. The van der Waals surface area contributed by atoms with Gasteiger partial charge in [0.2, 0.25) is 18.6 Å². The highest BCUT2D eigenvalue weighted by atomic mass is 16.7. The summed E-state index contributed by atoms with van der Waals surface area (Å²) in [6.45, 7) is 0.171. The molecule has 1 aromatic heterocycles. The number of aromatic amines is 1. The van der Waals surface area contributed by atoms with Crippen LogP contribution in [-0.2, 0) is 0 Å². The van der Waals surface area contributed by atoms with E-state index in [9.17, 15) is 4.79 Å². The molecule has 20 heavy (non-hydrogen) atoms. The van der Waals surface area contributed by atoms with Gasteiger partial charge in [-0.25, -0.2) is 5.43 Å². The van der Waals surface area contributed by atoms with Crippen molar-refractivity contribution in [3.05, 3.63) is 29.6 Å². The molecule has 0 saturated heterocycles. The van der Waals surface area contributed by atoms with Crippen LogP contribution in [0.25, 0.3) is 0 Å². The Labute approximate surface area is 112 Å². The smallest absolute Gasteiger partial charge is 0.308 e. The van der Waals surface area contributed by atoms with E-state index in [0.717, 1.165) is 0 Å². The molecule has 102 valence electrons. The molecule has 1 aliphatic rings. The number of carbonyl (C=O) groups is 1. The van der Waals surface area contributed by atoms with Crippen LogP contribution in [0, 0.1) is 0 Å². The van der Waals surface area contributed by atoms with Crippen LogP contribution >= 0.6 is 0 Å². The molecule has 0 bridgehead atoms. The molecule has 0 atom stereocenters. The first-order valence-electron chi connectivity index (χ1n) is 5.64. The number of nitrogens with two attached hydrogens (primary N) is 1. The van der Waals surface area contributed by atoms with Gasteiger partial charge in [0, 0.05) is 5.56 Å². The Balaban J connectivity index is 1.69. The second-order valence-corrected chi connectivity index (χ2v) is 3.82. The van der Waals surface area contributed by atoms with Crippen molar-refractivity contribution in [1.29, 1.82) is 0 Å². The number of aromatic nitrogens is 3. The summed E-state index contributed by atoms with van der Waals surface area (Å²) in [5.41, 5.74) is 8.28. The zero-order valence-corrected chi connectivity index (χ0v) is 10.2. The molecule has 3 rings (SSSR count). The number of amides is 1.